The lowest BCUT2D eigenvalue weighted by Gasteiger charge is -2.13. The van der Waals surface area contributed by atoms with Crippen molar-refractivity contribution in [1.82, 2.24) is 0 Å². The van der Waals surface area contributed by atoms with Gasteiger partial charge in [0.2, 0.25) is 5.91 Å². The van der Waals surface area contributed by atoms with Gasteiger partial charge in [-0.1, -0.05) is 11.6 Å². The molecule has 0 spiro atoms. The summed E-state index contributed by atoms with van der Waals surface area (Å²) >= 11 is 7.72. The largest absolute Gasteiger partial charge is 0.495 e. The van der Waals surface area contributed by atoms with Gasteiger partial charge in [-0.15, -0.1) is 0 Å². The van der Waals surface area contributed by atoms with Crippen LogP contribution in [0.15, 0.2) is 18.2 Å². The Hall–Kier alpha value is -0.870. The highest BCUT2D eigenvalue weighted by atomic mass is 35.5. The van der Waals surface area contributed by atoms with Gasteiger partial charge in [0.25, 0.3) is 0 Å². The molecule has 1 N–H and O–H groups in total. The van der Waals surface area contributed by atoms with Gasteiger partial charge in [-0.2, -0.15) is 11.8 Å². The Morgan fingerprint density at radius 2 is 2.41 bits per heavy atom. The molecule has 1 aliphatic heterocycles. The Labute approximate surface area is 110 Å². The van der Waals surface area contributed by atoms with Crippen LogP contribution in [0.1, 0.15) is 6.42 Å². The smallest absolute Gasteiger partial charge is 0.228 e. The van der Waals surface area contributed by atoms with E-state index in [-0.39, 0.29) is 11.8 Å². The Morgan fingerprint density at radius 3 is 3.06 bits per heavy atom. The molecular formula is C12H14ClNO2S. The lowest BCUT2D eigenvalue weighted by Crippen LogP contribution is -2.22. The molecule has 1 fully saturated rings. The lowest BCUT2D eigenvalue weighted by molar-refractivity contribution is -0.119. The maximum atomic E-state index is 12.0. The summed E-state index contributed by atoms with van der Waals surface area (Å²) in [7, 11) is 1.57. The molecule has 0 radical (unpaired) electrons. The average Bonchev–Trinajstić information content (AvgIpc) is 2.83. The molecule has 0 aliphatic carbocycles. The van der Waals surface area contributed by atoms with Crippen molar-refractivity contribution < 1.29 is 9.53 Å². The van der Waals surface area contributed by atoms with E-state index < -0.39 is 0 Å². The van der Waals surface area contributed by atoms with Crippen molar-refractivity contribution in [3.05, 3.63) is 23.2 Å². The topological polar surface area (TPSA) is 38.3 Å². The summed E-state index contributed by atoms with van der Waals surface area (Å²) in [6.07, 6.45) is 0.944. The van der Waals surface area contributed by atoms with Gasteiger partial charge in [0, 0.05) is 16.7 Å². The van der Waals surface area contributed by atoms with Crippen LogP contribution in [0.3, 0.4) is 0 Å². The highest BCUT2D eigenvalue weighted by molar-refractivity contribution is 7.99. The van der Waals surface area contributed by atoms with E-state index >= 15 is 0 Å². The molecule has 1 aromatic rings. The van der Waals surface area contributed by atoms with Gasteiger partial charge in [-0.3, -0.25) is 4.79 Å². The standard InChI is InChI=1S/C12H14ClNO2S/c1-16-11-3-2-9(13)6-10(11)14-12(15)8-4-5-17-7-8/h2-3,6,8H,4-5,7H2,1H3,(H,14,15). The first-order valence-corrected chi connectivity index (χ1v) is 6.96. The second-order valence-electron chi connectivity index (χ2n) is 3.89. The number of halogens is 1. The molecule has 1 aliphatic rings. The molecule has 1 unspecified atom stereocenters. The molecule has 17 heavy (non-hydrogen) atoms. The van der Waals surface area contributed by atoms with Gasteiger partial charge in [0.05, 0.1) is 12.8 Å². The Bertz CT molecular complexity index is 419. The quantitative estimate of drug-likeness (QED) is 0.918. The maximum absolute atomic E-state index is 12.0. The van der Waals surface area contributed by atoms with Crippen LogP contribution in [-0.2, 0) is 4.79 Å². The van der Waals surface area contributed by atoms with Crippen LogP contribution >= 0.6 is 23.4 Å². The molecule has 1 heterocycles. The molecule has 5 heteroatoms. The molecule has 1 aromatic carbocycles. The number of nitrogens with one attached hydrogen (secondary N) is 1. The summed E-state index contributed by atoms with van der Waals surface area (Å²) in [4.78, 5) is 12.0. The number of hydrogen-bond donors (Lipinski definition) is 1. The minimum atomic E-state index is 0.0515. The van der Waals surface area contributed by atoms with Crippen molar-refractivity contribution in [2.75, 3.05) is 23.9 Å². The fourth-order valence-electron chi connectivity index (χ4n) is 1.75. The van der Waals surface area contributed by atoms with Crippen LogP contribution in [-0.4, -0.2) is 24.5 Å². The summed E-state index contributed by atoms with van der Waals surface area (Å²) in [6.45, 7) is 0. The molecule has 0 bridgehead atoms. The summed E-state index contributed by atoms with van der Waals surface area (Å²) in [5.74, 6) is 2.74. The van der Waals surface area contributed by atoms with Gasteiger partial charge in [0.1, 0.15) is 5.75 Å². The fraction of sp³-hybridized carbons (Fsp3) is 0.417. The number of anilines is 1. The number of amides is 1. The zero-order chi connectivity index (χ0) is 12.3. The van der Waals surface area contributed by atoms with E-state index in [4.69, 9.17) is 16.3 Å². The van der Waals surface area contributed by atoms with Crippen LogP contribution in [0.2, 0.25) is 5.02 Å². The molecule has 3 nitrogen and oxygen atoms in total. The van der Waals surface area contributed by atoms with E-state index in [0.717, 1.165) is 17.9 Å². The van der Waals surface area contributed by atoms with Gasteiger partial charge >= 0.3 is 0 Å². The van der Waals surface area contributed by atoms with Gasteiger partial charge in [0.15, 0.2) is 0 Å². The second kappa shape index (κ2) is 5.65. The zero-order valence-corrected chi connectivity index (χ0v) is 11.1. The highest BCUT2D eigenvalue weighted by Crippen LogP contribution is 2.30. The van der Waals surface area contributed by atoms with Crippen molar-refractivity contribution >= 4 is 35.0 Å². The summed E-state index contributed by atoms with van der Waals surface area (Å²) in [5, 5.41) is 3.47. The molecule has 1 atom stereocenters. The van der Waals surface area contributed by atoms with Crippen LogP contribution in [0.5, 0.6) is 5.75 Å². The normalized spacial score (nSPS) is 19.1. The van der Waals surface area contributed by atoms with E-state index in [1.807, 2.05) is 11.8 Å². The molecule has 1 saturated heterocycles. The van der Waals surface area contributed by atoms with E-state index in [0.29, 0.717) is 16.5 Å². The average molecular weight is 272 g/mol. The molecule has 92 valence electrons. The van der Waals surface area contributed by atoms with E-state index in [9.17, 15) is 4.79 Å². The van der Waals surface area contributed by atoms with Crippen LogP contribution < -0.4 is 10.1 Å². The third-order valence-corrected chi connectivity index (χ3v) is 4.12. The van der Waals surface area contributed by atoms with Crippen molar-refractivity contribution in [3.63, 3.8) is 0 Å². The van der Waals surface area contributed by atoms with Gasteiger partial charge < -0.3 is 10.1 Å². The molecule has 0 saturated carbocycles. The molecule has 1 amide bonds. The van der Waals surface area contributed by atoms with E-state index in [1.165, 1.54) is 0 Å². The third kappa shape index (κ3) is 3.07. The first kappa shape index (κ1) is 12.6. The third-order valence-electron chi connectivity index (χ3n) is 2.72. The second-order valence-corrected chi connectivity index (χ2v) is 5.48. The Morgan fingerprint density at radius 1 is 1.59 bits per heavy atom. The number of carbonyl (C=O) groups excluding carboxylic acids is 1. The van der Waals surface area contributed by atoms with Crippen LogP contribution in [0.4, 0.5) is 5.69 Å². The van der Waals surface area contributed by atoms with Crippen molar-refractivity contribution in [1.29, 1.82) is 0 Å². The molecular weight excluding hydrogens is 258 g/mol. The predicted octanol–water partition coefficient (Wildman–Crippen LogP) is 3.04. The number of methoxy groups -OCH3 is 1. The number of rotatable bonds is 3. The number of benzene rings is 1. The van der Waals surface area contributed by atoms with Crippen molar-refractivity contribution in [2.45, 2.75) is 6.42 Å². The first-order chi connectivity index (χ1) is 8.20. The summed E-state index contributed by atoms with van der Waals surface area (Å²) in [5.41, 5.74) is 0.641. The molecule has 0 aromatic heterocycles. The van der Waals surface area contributed by atoms with E-state index in [1.54, 1.807) is 25.3 Å². The van der Waals surface area contributed by atoms with Crippen molar-refractivity contribution in [2.24, 2.45) is 5.92 Å². The maximum Gasteiger partial charge on any atom is 0.228 e. The molecule has 2 rings (SSSR count). The van der Waals surface area contributed by atoms with Crippen LogP contribution in [0.25, 0.3) is 0 Å². The Balaban J connectivity index is 2.11. The summed E-state index contributed by atoms with van der Waals surface area (Å²) in [6, 6.07) is 5.20. The van der Waals surface area contributed by atoms with Crippen LogP contribution in [0, 0.1) is 5.92 Å². The monoisotopic (exact) mass is 271 g/mol. The van der Waals surface area contributed by atoms with E-state index in [2.05, 4.69) is 5.32 Å². The minimum absolute atomic E-state index is 0.0515. The lowest BCUT2D eigenvalue weighted by atomic mass is 10.1. The number of thioether (sulfide) groups is 1. The van der Waals surface area contributed by atoms with Crippen molar-refractivity contribution in [3.8, 4) is 5.75 Å². The predicted molar refractivity (Wildman–Crippen MR) is 72.1 cm³/mol. The number of hydrogen-bond acceptors (Lipinski definition) is 3. The van der Waals surface area contributed by atoms with Gasteiger partial charge in [-0.05, 0) is 30.4 Å². The number of carbonyl (C=O) groups is 1. The minimum Gasteiger partial charge on any atom is -0.495 e. The number of ether oxygens (including phenoxy) is 1. The SMILES string of the molecule is COc1ccc(Cl)cc1NC(=O)C1CCSC1. The fourth-order valence-corrected chi connectivity index (χ4v) is 3.15. The first-order valence-electron chi connectivity index (χ1n) is 5.43. The highest BCUT2D eigenvalue weighted by Gasteiger charge is 2.23. The zero-order valence-electron chi connectivity index (χ0n) is 9.53. The Kier molecular flexibility index (Phi) is 4.18. The summed E-state index contributed by atoms with van der Waals surface area (Å²) < 4.78 is 5.19. The van der Waals surface area contributed by atoms with Gasteiger partial charge in [-0.25, -0.2) is 0 Å².